The molecular weight excluding hydrogens is 416 g/mol. The Labute approximate surface area is 195 Å². The van der Waals surface area contributed by atoms with Crippen LogP contribution < -0.4 is 15.8 Å². The van der Waals surface area contributed by atoms with Gasteiger partial charge >= 0.3 is 0 Å². The lowest BCUT2D eigenvalue weighted by molar-refractivity contribution is 0.0950. The Morgan fingerprint density at radius 1 is 1.15 bits per heavy atom. The molecule has 7 nitrogen and oxygen atoms in total. The molecule has 7 heteroatoms. The maximum Gasteiger partial charge on any atom is 0.273 e. The van der Waals surface area contributed by atoms with Crippen molar-refractivity contribution >= 4 is 16.7 Å². The second kappa shape index (κ2) is 13.0. The Hall–Kier alpha value is -3.71. The molecule has 174 valence electrons. The van der Waals surface area contributed by atoms with Crippen molar-refractivity contribution in [2.45, 2.75) is 27.2 Å². The van der Waals surface area contributed by atoms with Gasteiger partial charge in [0.05, 0.1) is 7.11 Å². The van der Waals surface area contributed by atoms with Gasteiger partial charge in [0.15, 0.2) is 17.8 Å². The summed E-state index contributed by atoms with van der Waals surface area (Å²) >= 11 is 0. The third kappa shape index (κ3) is 6.17. The Kier molecular flexibility index (Phi) is 10.0. The van der Waals surface area contributed by atoms with E-state index in [2.05, 4.69) is 33.2 Å². The highest BCUT2D eigenvalue weighted by molar-refractivity contribution is 5.97. The topological polar surface area (TPSA) is 103 Å². The third-order valence-corrected chi connectivity index (χ3v) is 4.89. The van der Waals surface area contributed by atoms with Gasteiger partial charge in [0.2, 0.25) is 0 Å². The van der Waals surface area contributed by atoms with Gasteiger partial charge in [0.25, 0.3) is 5.91 Å². The van der Waals surface area contributed by atoms with Crippen molar-refractivity contribution in [3.8, 4) is 17.1 Å². The first kappa shape index (κ1) is 25.5. The van der Waals surface area contributed by atoms with Crippen molar-refractivity contribution in [2.75, 3.05) is 20.7 Å². The first-order chi connectivity index (χ1) is 16.2. The highest BCUT2D eigenvalue weighted by Gasteiger charge is 2.18. The quantitative estimate of drug-likeness (QED) is 0.440. The van der Waals surface area contributed by atoms with Gasteiger partial charge in [-0.05, 0) is 61.2 Å². The number of benzene rings is 2. The van der Waals surface area contributed by atoms with Crippen LogP contribution in [0.25, 0.3) is 22.1 Å². The third-order valence-electron chi connectivity index (χ3n) is 4.89. The monoisotopic (exact) mass is 448 g/mol. The molecular formula is C26H32N4O3. The van der Waals surface area contributed by atoms with Crippen molar-refractivity contribution in [3.05, 3.63) is 78.1 Å². The second-order valence-electron chi connectivity index (χ2n) is 6.73. The lowest BCUT2D eigenvalue weighted by Crippen LogP contribution is -2.26. The smallest absolute Gasteiger partial charge is 0.273 e. The molecule has 0 unspecified atom stereocenters. The number of rotatable bonds is 6. The average molecular weight is 449 g/mol. The number of hydrogen-bond donors (Lipinski definition) is 2. The summed E-state index contributed by atoms with van der Waals surface area (Å²) in [6, 6.07) is 13.7. The fourth-order valence-electron chi connectivity index (χ4n) is 3.42. The molecule has 0 saturated heterocycles. The molecule has 0 spiro atoms. The molecule has 33 heavy (non-hydrogen) atoms. The Morgan fingerprint density at radius 2 is 1.94 bits per heavy atom. The normalized spacial score (nSPS) is 9.88. The number of fused-ring (bicyclic) bond motifs is 1. The maximum absolute atomic E-state index is 12.7. The predicted octanol–water partition coefficient (Wildman–Crippen LogP) is 4.78. The zero-order valence-electron chi connectivity index (χ0n) is 19.9. The molecule has 3 N–H and O–H groups in total. The van der Waals surface area contributed by atoms with E-state index in [9.17, 15) is 4.79 Å². The number of methoxy groups -OCH3 is 1. The molecule has 4 aromatic rings. The number of pyridine rings is 1. The van der Waals surface area contributed by atoms with E-state index in [1.807, 2.05) is 57.3 Å². The largest absolute Gasteiger partial charge is 0.496 e. The molecule has 1 amide bonds. The van der Waals surface area contributed by atoms with Crippen LogP contribution in [-0.2, 0) is 6.42 Å². The van der Waals surface area contributed by atoms with Crippen molar-refractivity contribution in [2.24, 2.45) is 5.73 Å². The molecule has 0 radical (unpaired) electrons. The number of aryl methyl sites for hydroxylation is 1. The minimum atomic E-state index is -0.263. The molecule has 2 heterocycles. The minimum Gasteiger partial charge on any atom is -0.496 e. The zero-order valence-corrected chi connectivity index (χ0v) is 19.9. The number of ether oxygens (including phenoxy) is 1. The van der Waals surface area contributed by atoms with Gasteiger partial charge in [-0.15, -0.1) is 0 Å². The van der Waals surface area contributed by atoms with E-state index >= 15 is 0 Å². The van der Waals surface area contributed by atoms with Gasteiger partial charge in [-0.2, -0.15) is 0 Å². The molecule has 4 rings (SSSR count). The summed E-state index contributed by atoms with van der Waals surface area (Å²) in [6.07, 6.45) is 5.62. The van der Waals surface area contributed by atoms with Gasteiger partial charge in [0.1, 0.15) is 5.75 Å². The molecule has 0 aliphatic heterocycles. The number of aromatic nitrogens is 2. The first-order valence-electron chi connectivity index (χ1n) is 10.9. The number of nitrogens with one attached hydrogen (secondary N) is 1. The molecule has 0 saturated carbocycles. The molecule has 2 aromatic heterocycles. The van der Waals surface area contributed by atoms with Crippen LogP contribution in [-0.4, -0.2) is 36.6 Å². The van der Waals surface area contributed by atoms with Crippen LogP contribution in [0.2, 0.25) is 0 Å². The summed E-state index contributed by atoms with van der Waals surface area (Å²) in [6.45, 7) is 6.43. The Morgan fingerprint density at radius 3 is 2.67 bits per heavy atom. The Bertz CT molecular complexity index is 1170. The van der Waals surface area contributed by atoms with Crippen LogP contribution in [0.3, 0.4) is 0 Å². The SMILES string of the molecule is CC.CN.COc1ccc(-c2ocnc2C(=O)NCCc2cccc3ccncc23)cc1C. The minimum absolute atomic E-state index is 0.263. The fraction of sp³-hybridized carbons (Fsp3) is 0.269. The van der Waals surface area contributed by atoms with Crippen molar-refractivity contribution < 1.29 is 13.9 Å². The van der Waals surface area contributed by atoms with E-state index in [-0.39, 0.29) is 11.6 Å². The molecule has 0 atom stereocenters. The Balaban J connectivity index is 0.000000914. The first-order valence-corrected chi connectivity index (χ1v) is 10.9. The zero-order chi connectivity index (χ0) is 24.2. The maximum atomic E-state index is 12.7. The number of nitrogens with two attached hydrogens (primary N) is 1. The van der Waals surface area contributed by atoms with Gasteiger partial charge in [-0.25, -0.2) is 4.98 Å². The van der Waals surface area contributed by atoms with Crippen LogP contribution in [0.5, 0.6) is 5.75 Å². The summed E-state index contributed by atoms with van der Waals surface area (Å²) in [4.78, 5) is 21.0. The summed E-state index contributed by atoms with van der Waals surface area (Å²) in [5.74, 6) is 0.965. The number of carbonyl (C=O) groups excluding carboxylic acids is 1. The average Bonchev–Trinajstić information content (AvgIpc) is 3.37. The molecule has 2 aromatic carbocycles. The molecule has 0 fully saturated rings. The number of amides is 1. The number of oxazole rings is 1. The molecule has 0 aliphatic carbocycles. The van der Waals surface area contributed by atoms with Crippen molar-refractivity contribution in [3.63, 3.8) is 0 Å². The number of nitrogens with zero attached hydrogens (tertiary/aromatic N) is 2. The van der Waals surface area contributed by atoms with Gasteiger partial charge < -0.3 is 20.2 Å². The lowest BCUT2D eigenvalue weighted by Gasteiger charge is -2.08. The summed E-state index contributed by atoms with van der Waals surface area (Å²) < 4.78 is 10.8. The van der Waals surface area contributed by atoms with Crippen LogP contribution in [0.4, 0.5) is 0 Å². The number of hydrogen-bond acceptors (Lipinski definition) is 6. The van der Waals surface area contributed by atoms with Crippen molar-refractivity contribution in [1.82, 2.24) is 15.3 Å². The van der Waals surface area contributed by atoms with Crippen molar-refractivity contribution in [1.29, 1.82) is 0 Å². The van der Waals surface area contributed by atoms with E-state index in [0.717, 1.165) is 33.2 Å². The molecule has 0 bridgehead atoms. The van der Waals surface area contributed by atoms with Crippen LogP contribution in [0.1, 0.15) is 35.5 Å². The van der Waals surface area contributed by atoms with E-state index < -0.39 is 0 Å². The van der Waals surface area contributed by atoms with Crippen LogP contribution >= 0.6 is 0 Å². The summed E-state index contributed by atoms with van der Waals surface area (Å²) in [5.41, 5.74) is 7.65. The number of carbonyl (C=O) groups is 1. The van der Waals surface area contributed by atoms with Crippen LogP contribution in [0.15, 0.2) is 65.7 Å². The lowest BCUT2D eigenvalue weighted by atomic mass is 10.0. The van der Waals surface area contributed by atoms with Crippen LogP contribution in [0, 0.1) is 6.92 Å². The second-order valence-corrected chi connectivity index (χ2v) is 6.73. The summed E-state index contributed by atoms with van der Waals surface area (Å²) in [7, 11) is 3.13. The standard InChI is InChI=1S/C23H21N3O3.C2H6.CH5N/c1-15-12-18(6-7-20(15)28-2)22-21(26-14-29-22)23(27)25-11-9-17-5-3-4-16-8-10-24-13-19(16)17;2*1-2/h3-8,10,12-14H,9,11H2,1-2H3,(H,25,27);1-2H3;2H2,1H3. The molecule has 0 aliphatic rings. The van der Waals surface area contributed by atoms with Gasteiger partial charge in [0, 0.05) is 29.9 Å². The van der Waals surface area contributed by atoms with E-state index in [1.54, 1.807) is 13.3 Å². The van der Waals surface area contributed by atoms with E-state index in [4.69, 9.17) is 9.15 Å². The fourth-order valence-corrected chi connectivity index (χ4v) is 3.42. The summed E-state index contributed by atoms with van der Waals surface area (Å²) in [5, 5.41) is 5.17. The van der Waals surface area contributed by atoms with E-state index in [0.29, 0.717) is 18.7 Å². The highest BCUT2D eigenvalue weighted by atomic mass is 16.5. The van der Waals surface area contributed by atoms with Gasteiger partial charge in [-0.1, -0.05) is 32.0 Å². The van der Waals surface area contributed by atoms with Gasteiger partial charge in [-0.3, -0.25) is 9.78 Å². The predicted molar refractivity (Wildman–Crippen MR) is 132 cm³/mol. The van der Waals surface area contributed by atoms with E-state index in [1.165, 1.54) is 13.4 Å². The highest BCUT2D eigenvalue weighted by Crippen LogP contribution is 2.28.